The molecule has 0 amide bonds. The van der Waals surface area contributed by atoms with Gasteiger partial charge in [0.25, 0.3) is 7.52 Å². The highest BCUT2D eigenvalue weighted by Gasteiger charge is 2.45. The summed E-state index contributed by atoms with van der Waals surface area (Å²) < 4.78 is 21.7. The molecular formula is C16H35N4O2P. The van der Waals surface area contributed by atoms with Crippen LogP contribution in [0.3, 0.4) is 0 Å². The molecule has 0 aromatic heterocycles. The van der Waals surface area contributed by atoms with Gasteiger partial charge in [0.05, 0.1) is 11.8 Å². The third kappa shape index (κ3) is 5.20. The van der Waals surface area contributed by atoms with Gasteiger partial charge in [-0.15, -0.1) is 0 Å². The number of hydrogen-bond acceptors (Lipinski definition) is 3. The lowest BCUT2D eigenvalue weighted by atomic mass is 9.99. The van der Waals surface area contributed by atoms with Crippen LogP contribution in [0.25, 0.3) is 0 Å². The van der Waals surface area contributed by atoms with Crippen molar-refractivity contribution in [2.45, 2.75) is 65.6 Å². The van der Waals surface area contributed by atoms with E-state index in [2.05, 4.69) is 20.8 Å². The van der Waals surface area contributed by atoms with Crippen molar-refractivity contribution < 1.29 is 9.09 Å². The summed E-state index contributed by atoms with van der Waals surface area (Å²) in [5.41, 5.74) is 5.55. The van der Waals surface area contributed by atoms with Crippen molar-refractivity contribution in [3.05, 3.63) is 0 Å². The molecule has 0 aliphatic carbocycles. The highest BCUT2D eigenvalue weighted by molar-refractivity contribution is 7.58. The summed E-state index contributed by atoms with van der Waals surface area (Å²) in [4.78, 5) is 1.80. The minimum Gasteiger partial charge on any atom is -0.370 e. The molecule has 0 aromatic carbocycles. The molecule has 1 atom stereocenters. The lowest BCUT2D eigenvalue weighted by Crippen LogP contribution is -2.48. The van der Waals surface area contributed by atoms with Gasteiger partial charge in [-0.2, -0.15) is 0 Å². The quantitative estimate of drug-likeness (QED) is 0.463. The maximum Gasteiger partial charge on any atom is 0.277 e. The zero-order chi connectivity index (χ0) is 18.1. The monoisotopic (exact) mass is 346 g/mol. The molecule has 1 saturated heterocycles. The molecule has 1 aliphatic rings. The summed E-state index contributed by atoms with van der Waals surface area (Å²) >= 11 is 0. The second kappa shape index (κ2) is 7.12. The normalized spacial score (nSPS) is 21.0. The second-order valence-electron chi connectivity index (χ2n) is 8.71. The van der Waals surface area contributed by atoms with Crippen molar-refractivity contribution in [1.29, 1.82) is 5.41 Å². The highest BCUT2D eigenvalue weighted by Crippen LogP contribution is 2.62. The molecule has 6 nitrogen and oxygen atoms in total. The Hall–Kier alpha value is -0.580. The number of hydrogen-bond donors (Lipinski definition) is 2. The van der Waals surface area contributed by atoms with E-state index in [9.17, 15) is 4.57 Å². The summed E-state index contributed by atoms with van der Waals surface area (Å²) in [5.74, 6) is 0.0893. The molecule has 1 rings (SSSR count). The van der Waals surface area contributed by atoms with Crippen LogP contribution in [0, 0.1) is 10.8 Å². The maximum absolute atomic E-state index is 13.7. The van der Waals surface area contributed by atoms with Crippen LogP contribution >= 0.6 is 7.52 Å². The van der Waals surface area contributed by atoms with Crippen molar-refractivity contribution in [1.82, 2.24) is 9.57 Å². The lowest BCUT2D eigenvalue weighted by Gasteiger charge is -2.44. The second-order valence-corrected chi connectivity index (χ2v) is 11.9. The van der Waals surface area contributed by atoms with E-state index >= 15 is 0 Å². The molecule has 0 radical (unpaired) electrons. The standard InChI is InChI=1S/C16H35N4O2P/c1-15(2,3)12-22-23(21,16(4,5)6)20-10-8-13(9-11-20)19(7)14(17)18/h13H,8-12H2,1-7H3,(H3,17,18). The Labute approximate surface area is 141 Å². The Morgan fingerprint density at radius 2 is 1.74 bits per heavy atom. The van der Waals surface area contributed by atoms with Gasteiger partial charge in [0.2, 0.25) is 0 Å². The fraction of sp³-hybridized carbons (Fsp3) is 0.938. The zero-order valence-corrected chi connectivity index (χ0v) is 16.7. The van der Waals surface area contributed by atoms with Crippen LogP contribution in [0.15, 0.2) is 0 Å². The molecule has 1 aliphatic heterocycles. The minimum atomic E-state index is -2.93. The van der Waals surface area contributed by atoms with Gasteiger partial charge in [-0.25, -0.2) is 4.67 Å². The van der Waals surface area contributed by atoms with Crippen LogP contribution in [0.2, 0.25) is 0 Å². The highest BCUT2D eigenvalue weighted by atomic mass is 31.2. The predicted octanol–water partition coefficient (Wildman–Crippen LogP) is 3.33. The molecule has 1 unspecified atom stereocenters. The van der Waals surface area contributed by atoms with E-state index in [1.165, 1.54) is 0 Å². The molecule has 23 heavy (non-hydrogen) atoms. The number of nitrogens with one attached hydrogen (secondary N) is 1. The van der Waals surface area contributed by atoms with E-state index in [4.69, 9.17) is 15.7 Å². The SMILES string of the molecule is CN(C(=N)N)C1CCN(P(=O)(OCC(C)(C)C)C(C)(C)C)CC1. The maximum atomic E-state index is 13.7. The minimum absolute atomic E-state index is 0.0198. The zero-order valence-electron chi connectivity index (χ0n) is 15.8. The topological polar surface area (TPSA) is 82.7 Å². The Morgan fingerprint density at radius 1 is 1.26 bits per heavy atom. The molecular weight excluding hydrogens is 311 g/mol. The summed E-state index contributed by atoms with van der Waals surface area (Å²) in [6, 6.07) is 0.236. The van der Waals surface area contributed by atoms with Crippen molar-refractivity contribution in [3.63, 3.8) is 0 Å². The first-order valence-electron chi connectivity index (χ1n) is 8.35. The third-order valence-corrected chi connectivity index (χ3v) is 7.58. The van der Waals surface area contributed by atoms with Gasteiger partial charge in [0, 0.05) is 26.2 Å². The Kier molecular flexibility index (Phi) is 6.33. The van der Waals surface area contributed by atoms with Gasteiger partial charge in [0.15, 0.2) is 5.96 Å². The number of rotatable bonds is 4. The summed E-state index contributed by atoms with van der Waals surface area (Å²) in [6.07, 6.45) is 1.68. The first kappa shape index (κ1) is 20.5. The van der Waals surface area contributed by atoms with Gasteiger partial charge in [0.1, 0.15) is 0 Å². The molecule has 0 bridgehead atoms. The first-order valence-corrected chi connectivity index (χ1v) is 9.93. The fourth-order valence-corrected chi connectivity index (χ4v) is 5.40. The molecule has 1 fully saturated rings. The van der Waals surface area contributed by atoms with Crippen LogP contribution in [-0.4, -0.2) is 53.5 Å². The first-order chi connectivity index (χ1) is 10.3. The lowest BCUT2D eigenvalue weighted by molar-refractivity contribution is 0.151. The van der Waals surface area contributed by atoms with E-state index in [-0.39, 0.29) is 17.4 Å². The largest absolute Gasteiger partial charge is 0.370 e. The van der Waals surface area contributed by atoms with Crippen molar-refractivity contribution >= 4 is 13.5 Å². The number of nitrogens with zero attached hydrogens (tertiary/aromatic N) is 2. The summed E-state index contributed by atoms with van der Waals surface area (Å²) in [7, 11) is -1.08. The van der Waals surface area contributed by atoms with Crippen LogP contribution in [-0.2, 0) is 9.09 Å². The van der Waals surface area contributed by atoms with Crippen molar-refractivity contribution in [2.24, 2.45) is 11.1 Å². The fourth-order valence-electron chi connectivity index (χ4n) is 2.68. The van der Waals surface area contributed by atoms with Gasteiger partial charge < -0.3 is 15.2 Å². The van der Waals surface area contributed by atoms with E-state index < -0.39 is 12.7 Å². The molecule has 136 valence electrons. The number of piperidine rings is 1. The van der Waals surface area contributed by atoms with Gasteiger partial charge in [-0.05, 0) is 39.0 Å². The Balaban J connectivity index is 2.83. The average molecular weight is 346 g/mol. The van der Waals surface area contributed by atoms with Crippen LogP contribution < -0.4 is 5.73 Å². The number of nitrogens with two attached hydrogens (primary N) is 1. The smallest absolute Gasteiger partial charge is 0.277 e. The molecule has 0 spiro atoms. The van der Waals surface area contributed by atoms with Crippen molar-refractivity contribution in [2.75, 3.05) is 26.7 Å². The van der Waals surface area contributed by atoms with E-state index in [0.29, 0.717) is 19.7 Å². The van der Waals surface area contributed by atoms with E-state index in [0.717, 1.165) is 12.8 Å². The van der Waals surface area contributed by atoms with E-state index in [1.54, 1.807) is 4.90 Å². The van der Waals surface area contributed by atoms with Gasteiger partial charge >= 0.3 is 0 Å². The number of guanidine groups is 1. The van der Waals surface area contributed by atoms with Crippen LogP contribution in [0.5, 0.6) is 0 Å². The third-order valence-electron chi connectivity index (χ3n) is 4.26. The molecule has 1 heterocycles. The average Bonchev–Trinajstić information content (AvgIpc) is 2.42. The van der Waals surface area contributed by atoms with Gasteiger partial charge in [-0.1, -0.05) is 20.8 Å². The van der Waals surface area contributed by atoms with Crippen LogP contribution in [0.4, 0.5) is 0 Å². The van der Waals surface area contributed by atoms with Gasteiger partial charge in [-0.3, -0.25) is 9.97 Å². The molecule has 3 N–H and O–H groups in total. The van der Waals surface area contributed by atoms with Crippen molar-refractivity contribution in [3.8, 4) is 0 Å². The molecule has 0 aromatic rings. The Morgan fingerprint density at radius 3 is 2.09 bits per heavy atom. The molecule has 7 heteroatoms. The van der Waals surface area contributed by atoms with E-state index in [1.807, 2.05) is 32.5 Å². The molecule has 0 saturated carbocycles. The van der Waals surface area contributed by atoms with Crippen LogP contribution in [0.1, 0.15) is 54.4 Å². The predicted molar refractivity (Wildman–Crippen MR) is 97.0 cm³/mol. The Bertz CT molecular complexity index is 460. The summed E-state index contributed by atoms with van der Waals surface area (Å²) in [5, 5.41) is 7.14. The summed E-state index contributed by atoms with van der Waals surface area (Å²) in [6.45, 7) is 14.1.